The first kappa shape index (κ1) is 8.31. The van der Waals surface area contributed by atoms with Crippen LogP contribution in [0.5, 0.6) is 0 Å². The molecule has 0 aromatic rings. The summed E-state index contributed by atoms with van der Waals surface area (Å²) in [5, 5.41) is 0. The average Bonchev–Trinajstić information content (AvgIpc) is 1.66. The zero-order chi connectivity index (χ0) is 6.41. The lowest BCUT2D eigenvalue weighted by Crippen LogP contribution is -2.12. The Kier molecular flexibility index (Phi) is 5.66. The van der Waals surface area contributed by atoms with E-state index in [4.69, 9.17) is 12.6 Å². The molecule has 0 saturated carbocycles. The van der Waals surface area contributed by atoms with E-state index in [-0.39, 0.29) is 0 Å². The second kappa shape index (κ2) is 5.45. The van der Waals surface area contributed by atoms with Crippen LogP contribution in [0.1, 0.15) is 12.8 Å². The van der Waals surface area contributed by atoms with Gasteiger partial charge in [-0.1, -0.05) is 12.6 Å². The van der Waals surface area contributed by atoms with Gasteiger partial charge < -0.3 is 4.90 Å². The molecule has 0 saturated heterocycles. The summed E-state index contributed by atoms with van der Waals surface area (Å²) in [4.78, 5) is 2.19. The van der Waals surface area contributed by atoms with E-state index in [2.05, 4.69) is 19.0 Å². The molecule has 0 N–H and O–H groups in total. The van der Waals surface area contributed by atoms with Crippen molar-refractivity contribution in [2.24, 2.45) is 0 Å². The van der Waals surface area contributed by atoms with Crippen molar-refractivity contribution < 1.29 is 0 Å². The molecule has 0 spiro atoms. The summed E-state index contributed by atoms with van der Waals surface area (Å²) in [6.45, 7) is 1.18. The van der Waals surface area contributed by atoms with E-state index in [9.17, 15) is 0 Å². The molecule has 0 unspecified atom stereocenters. The maximum Gasteiger partial charge on any atom is 0.00374 e. The van der Waals surface area contributed by atoms with Crippen molar-refractivity contribution in [1.82, 2.24) is 4.90 Å². The third-order valence-electron chi connectivity index (χ3n) is 1.000. The third-order valence-corrected chi connectivity index (χ3v) is 1.29. The van der Waals surface area contributed by atoms with Crippen molar-refractivity contribution in [3.8, 4) is 0 Å². The molecular formula is C6H14NS. The molecule has 0 amide bonds. The van der Waals surface area contributed by atoms with Gasteiger partial charge in [0.05, 0.1) is 0 Å². The number of rotatable bonds is 4. The highest BCUT2D eigenvalue weighted by Crippen LogP contribution is 1.91. The molecule has 0 aromatic heterocycles. The van der Waals surface area contributed by atoms with Crippen LogP contribution in [0.15, 0.2) is 0 Å². The van der Waals surface area contributed by atoms with Crippen LogP contribution >= 0.6 is 12.6 Å². The molecule has 1 radical (unpaired) electrons. The molecule has 49 valence electrons. The highest BCUT2D eigenvalue weighted by atomic mass is 32.1. The Balaban J connectivity index is 2.72. The first-order valence-corrected chi connectivity index (χ1v) is 3.58. The Morgan fingerprint density at radius 2 is 1.88 bits per heavy atom. The van der Waals surface area contributed by atoms with Gasteiger partial charge in [-0.15, -0.1) is 0 Å². The Hall–Kier alpha value is 0.310. The minimum atomic E-state index is 0.911. The zero-order valence-electron chi connectivity index (χ0n) is 5.68. The van der Waals surface area contributed by atoms with E-state index in [0.29, 0.717) is 0 Å². The lowest BCUT2D eigenvalue weighted by atomic mass is 10.3. The van der Waals surface area contributed by atoms with Crippen LogP contribution in [0.3, 0.4) is 0 Å². The van der Waals surface area contributed by atoms with E-state index in [0.717, 1.165) is 5.75 Å². The Morgan fingerprint density at radius 3 is 2.25 bits per heavy atom. The standard InChI is InChI=1S/C6H14NS/c1-7(2)5-3-4-6-8/h3-6H2,1-2H3. The van der Waals surface area contributed by atoms with Gasteiger partial charge in [0.1, 0.15) is 0 Å². The molecule has 0 rings (SSSR count). The van der Waals surface area contributed by atoms with Gasteiger partial charge in [0.2, 0.25) is 0 Å². The van der Waals surface area contributed by atoms with Crippen molar-refractivity contribution in [2.45, 2.75) is 12.8 Å². The summed E-state index contributed by atoms with van der Waals surface area (Å²) >= 11 is 4.79. The Morgan fingerprint density at radius 1 is 1.25 bits per heavy atom. The second-order valence-corrected chi connectivity index (χ2v) is 2.62. The average molecular weight is 132 g/mol. The molecule has 2 heteroatoms. The van der Waals surface area contributed by atoms with E-state index >= 15 is 0 Å². The van der Waals surface area contributed by atoms with Crippen LogP contribution in [-0.2, 0) is 0 Å². The molecule has 0 aliphatic heterocycles. The second-order valence-electron chi connectivity index (χ2n) is 2.21. The molecule has 0 bridgehead atoms. The predicted molar refractivity (Wildman–Crippen MR) is 40.2 cm³/mol. The fourth-order valence-electron chi connectivity index (χ4n) is 0.530. The van der Waals surface area contributed by atoms with E-state index in [1.165, 1.54) is 19.4 Å². The van der Waals surface area contributed by atoms with Gasteiger partial charge in [0.15, 0.2) is 0 Å². The summed E-state index contributed by atoms with van der Waals surface area (Å²) in [6.07, 6.45) is 2.43. The molecule has 1 nitrogen and oxygen atoms in total. The fraction of sp³-hybridized carbons (Fsp3) is 1.00. The minimum Gasteiger partial charge on any atom is -0.309 e. The highest BCUT2D eigenvalue weighted by molar-refractivity contribution is 7.80. The largest absolute Gasteiger partial charge is 0.309 e. The smallest absolute Gasteiger partial charge is 0.00374 e. The molecule has 0 fully saturated rings. The van der Waals surface area contributed by atoms with Crippen molar-refractivity contribution >= 4 is 12.6 Å². The van der Waals surface area contributed by atoms with Crippen LogP contribution in [0.25, 0.3) is 0 Å². The summed E-state index contributed by atoms with van der Waals surface area (Å²) in [7, 11) is 4.17. The molecule has 0 heterocycles. The Bertz CT molecular complexity index is 45.8. The summed E-state index contributed by atoms with van der Waals surface area (Å²) in [6, 6.07) is 0. The van der Waals surface area contributed by atoms with Crippen molar-refractivity contribution in [1.29, 1.82) is 0 Å². The third kappa shape index (κ3) is 6.31. The molecule has 0 aromatic carbocycles. The molecule has 8 heavy (non-hydrogen) atoms. The van der Waals surface area contributed by atoms with Gasteiger partial charge in [0, 0.05) is 5.75 Å². The first-order valence-electron chi connectivity index (χ1n) is 3.00. The van der Waals surface area contributed by atoms with Crippen LogP contribution < -0.4 is 0 Å². The SMILES string of the molecule is CN(C)CCCC[S]. The molecule has 0 atom stereocenters. The van der Waals surface area contributed by atoms with Gasteiger partial charge in [-0.2, -0.15) is 0 Å². The maximum absolute atomic E-state index is 4.79. The van der Waals surface area contributed by atoms with Crippen LogP contribution in [-0.4, -0.2) is 31.3 Å². The number of hydrogen-bond acceptors (Lipinski definition) is 1. The van der Waals surface area contributed by atoms with Crippen LogP contribution in [0.2, 0.25) is 0 Å². The first-order chi connectivity index (χ1) is 3.77. The number of hydrogen-bond donors (Lipinski definition) is 0. The van der Waals surface area contributed by atoms with Crippen molar-refractivity contribution in [2.75, 3.05) is 26.4 Å². The number of nitrogens with zero attached hydrogens (tertiary/aromatic N) is 1. The molecule has 0 aliphatic rings. The van der Waals surface area contributed by atoms with Gasteiger partial charge in [-0.05, 0) is 33.5 Å². The monoisotopic (exact) mass is 132 g/mol. The molecule has 0 aliphatic carbocycles. The Labute approximate surface area is 57.5 Å². The summed E-state index contributed by atoms with van der Waals surface area (Å²) in [5.41, 5.74) is 0. The number of unbranched alkanes of at least 4 members (excludes halogenated alkanes) is 1. The van der Waals surface area contributed by atoms with E-state index in [1.54, 1.807) is 0 Å². The summed E-state index contributed by atoms with van der Waals surface area (Å²) < 4.78 is 0. The van der Waals surface area contributed by atoms with Gasteiger partial charge >= 0.3 is 0 Å². The van der Waals surface area contributed by atoms with Crippen LogP contribution in [0.4, 0.5) is 0 Å². The van der Waals surface area contributed by atoms with Crippen molar-refractivity contribution in [3.63, 3.8) is 0 Å². The van der Waals surface area contributed by atoms with Gasteiger partial charge in [-0.25, -0.2) is 0 Å². The minimum absolute atomic E-state index is 0.911. The topological polar surface area (TPSA) is 3.24 Å². The molecular weight excluding hydrogens is 118 g/mol. The highest BCUT2D eigenvalue weighted by Gasteiger charge is 1.87. The van der Waals surface area contributed by atoms with Crippen LogP contribution in [0, 0.1) is 0 Å². The quantitative estimate of drug-likeness (QED) is 0.524. The van der Waals surface area contributed by atoms with E-state index < -0.39 is 0 Å². The van der Waals surface area contributed by atoms with Gasteiger partial charge in [-0.3, -0.25) is 0 Å². The van der Waals surface area contributed by atoms with E-state index in [1.807, 2.05) is 0 Å². The fourth-order valence-corrected chi connectivity index (χ4v) is 0.734. The predicted octanol–water partition coefficient (Wildman–Crippen LogP) is 1.53. The summed E-state index contributed by atoms with van der Waals surface area (Å²) in [5.74, 6) is 0.911. The normalized spacial score (nSPS) is 10.5. The zero-order valence-corrected chi connectivity index (χ0v) is 6.50. The lowest BCUT2D eigenvalue weighted by molar-refractivity contribution is 0.399. The van der Waals surface area contributed by atoms with Gasteiger partial charge in [0.25, 0.3) is 0 Å². The lowest BCUT2D eigenvalue weighted by Gasteiger charge is -2.06. The van der Waals surface area contributed by atoms with Crippen molar-refractivity contribution in [3.05, 3.63) is 0 Å². The maximum atomic E-state index is 4.79.